The Morgan fingerprint density at radius 2 is 2.18 bits per heavy atom. The fourth-order valence-corrected chi connectivity index (χ4v) is 1.96. The molecule has 0 atom stereocenters. The summed E-state index contributed by atoms with van der Waals surface area (Å²) in [5, 5.41) is 9.24. The topological polar surface area (TPSA) is 52.5 Å². The van der Waals surface area contributed by atoms with E-state index < -0.39 is 0 Å². The SMILES string of the molecule is Cc1[nH]c(CCC#N)nc1-c1ccccc1Cl. The molecule has 1 aromatic carbocycles. The fourth-order valence-electron chi connectivity index (χ4n) is 1.73. The van der Waals surface area contributed by atoms with Gasteiger partial charge in [-0.05, 0) is 13.0 Å². The van der Waals surface area contributed by atoms with E-state index in [9.17, 15) is 0 Å². The average molecular weight is 246 g/mol. The van der Waals surface area contributed by atoms with Crippen LogP contribution in [0.25, 0.3) is 11.3 Å². The minimum atomic E-state index is 0.467. The third kappa shape index (κ3) is 2.48. The van der Waals surface area contributed by atoms with Crippen LogP contribution in [0.2, 0.25) is 5.02 Å². The summed E-state index contributed by atoms with van der Waals surface area (Å²) >= 11 is 6.14. The van der Waals surface area contributed by atoms with Gasteiger partial charge in [-0.1, -0.05) is 29.8 Å². The molecule has 0 spiro atoms. The second kappa shape index (κ2) is 5.03. The first-order valence-corrected chi connectivity index (χ1v) is 5.77. The summed E-state index contributed by atoms with van der Waals surface area (Å²) in [7, 11) is 0. The minimum absolute atomic E-state index is 0.467. The van der Waals surface area contributed by atoms with Crippen LogP contribution in [-0.2, 0) is 6.42 Å². The van der Waals surface area contributed by atoms with Crippen molar-refractivity contribution in [2.24, 2.45) is 0 Å². The number of rotatable bonds is 3. The van der Waals surface area contributed by atoms with Gasteiger partial charge in [-0.2, -0.15) is 5.26 Å². The van der Waals surface area contributed by atoms with E-state index in [0.29, 0.717) is 17.9 Å². The molecule has 0 aliphatic carbocycles. The second-order valence-electron chi connectivity index (χ2n) is 3.80. The van der Waals surface area contributed by atoms with Crippen molar-refractivity contribution < 1.29 is 0 Å². The molecular formula is C13H12ClN3. The molecule has 0 fully saturated rings. The van der Waals surface area contributed by atoms with Gasteiger partial charge in [0.15, 0.2) is 0 Å². The van der Waals surface area contributed by atoms with Crippen molar-refractivity contribution in [3.05, 3.63) is 40.8 Å². The summed E-state index contributed by atoms with van der Waals surface area (Å²) in [6.07, 6.45) is 1.11. The van der Waals surface area contributed by atoms with Gasteiger partial charge in [0.25, 0.3) is 0 Å². The van der Waals surface area contributed by atoms with Crippen LogP contribution in [0, 0.1) is 18.3 Å². The molecule has 0 aliphatic rings. The smallest absolute Gasteiger partial charge is 0.108 e. The van der Waals surface area contributed by atoms with Crippen molar-refractivity contribution in [3.63, 3.8) is 0 Å². The van der Waals surface area contributed by atoms with E-state index in [1.165, 1.54) is 0 Å². The number of aryl methyl sites for hydroxylation is 2. The predicted octanol–water partition coefficient (Wildman–Crippen LogP) is 3.49. The van der Waals surface area contributed by atoms with Crippen LogP contribution >= 0.6 is 11.6 Å². The number of H-pyrrole nitrogens is 1. The van der Waals surface area contributed by atoms with Crippen LogP contribution in [0.3, 0.4) is 0 Å². The summed E-state index contributed by atoms with van der Waals surface area (Å²) in [4.78, 5) is 7.67. The van der Waals surface area contributed by atoms with Gasteiger partial charge in [0.05, 0.1) is 16.8 Å². The summed E-state index contributed by atoms with van der Waals surface area (Å²) in [5.74, 6) is 0.832. The van der Waals surface area contributed by atoms with Crippen LogP contribution in [0.5, 0.6) is 0 Å². The van der Waals surface area contributed by atoms with Crippen LogP contribution in [0.4, 0.5) is 0 Å². The summed E-state index contributed by atoms with van der Waals surface area (Å²) in [5.41, 5.74) is 2.76. The fraction of sp³-hybridized carbons (Fsp3) is 0.231. The predicted molar refractivity (Wildman–Crippen MR) is 67.7 cm³/mol. The number of nitriles is 1. The van der Waals surface area contributed by atoms with Gasteiger partial charge in [-0.3, -0.25) is 0 Å². The maximum atomic E-state index is 8.55. The van der Waals surface area contributed by atoms with E-state index in [1.54, 1.807) is 0 Å². The first kappa shape index (κ1) is 11.7. The van der Waals surface area contributed by atoms with E-state index in [0.717, 1.165) is 22.8 Å². The molecule has 17 heavy (non-hydrogen) atoms. The Hall–Kier alpha value is -1.79. The van der Waals surface area contributed by atoms with Gasteiger partial charge in [-0.15, -0.1) is 0 Å². The maximum Gasteiger partial charge on any atom is 0.108 e. The number of aromatic amines is 1. The summed E-state index contributed by atoms with van der Waals surface area (Å²) < 4.78 is 0. The molecule has 4 heteroatoms. The molecule has 0 amide bonds. The number of hydrogen-bond acceptors (Lipinski definition) is 2. The van der Waals surface area contributed by atoms with Crippen molar-refractivity contribution in [1.29, 1.82) is 5.26 Å². The van der Waals surface area contributed by atoms with Gasteiger partial charge >= 0.3 is 0 Å². The molecule has 0 aliphatic heterocycles. The highest BCUT2D eigenvalue weighted by Gasteiger charge is 2.11. The normalized spacial score (nSPS) is 10.2. The van der Waals surface area contributed by atoms with Gasteiger partial charge in [-0.25, -0.2) is 4.98 Å². The molecule has 3 nitrogen and oxygen atoms in total. The van der Waals surface area contributed by atoms with E-state index in [4.69, 9.17) is 16.9 Å². The highest BCUT2D eigenvalue weighted by molar-refractivity contribution is 6.33. The number of nitrogens with zero attached hydrogens (tertiary/aromatic N) is 2. The molecule has 0 saturated heterocycles. The maximum absolute atomic E-state index is 8.55. The van der Waals surface area contributed by atoms with Crippen LogP contribution in [-0.4, -0.2) is 9.97 Å². The van der Waals surface area contributed by atoms with Crippen molar-refractivity contribution in [3.8, 4) is 17.3 Å². The first-order valence-electron chi connectivity index (χ1n) is 5.39. The Labute approximate surface area is 105 Å². The third-order valence-corrected chi connectivity index (χ3v) is 2.87. The lowest BCUT2D eigenvalue weighted by Gasteiger charge is -2.00. The number of imidazole rings is 1. The van der Waals surface area contributed by atoms with Crippen molar-refractivity contribution in [1.82, 2.24) is 9.97 Å². The zero-order valence-electron chi connectivity index (χ0n) is 9.50. The molecule has 0 radical (unpaired) electrons. The molecule has 2 aromatic rings. The number of benzene rings is 1. The lowest BCUT2D eigenvalue weighted by molar-refractivity contribution is 0.913. The van der Waals surface area contributed by atoms with Crippen molar-refractivity contribution in [2.75, 3.05) is 0 Å². The van der Waals surface area contributed by atoms with Gasteiger partial charge in [0, 0.05) is 24.1 Å². The van der Waals surface area contributed by atoms with Crippen molar-refractivity contribution >= 4 is 11.6 Å². The Morgan fingerprint density at radius 3 is 2.88 bits per heavy atom. The molecule has 0 unspecified atom stereocenters. The molecule has 1 N–H and O–H groups in total. The highest BCUT2D eigenvalue weighted by atomic mass is 35.5. The zero-order valence-corrected chi connectivity index (χ0v) is 10.3. The summed E-state index contributed by atoms with van der Waals surface area (Å²) in [6.45, 7) is 1.96. The Kier molecular flexibility index (Phi) is 3.46. The molecule has 1 heterocycles. The molecule has 2 rings (SSSR count). The number of aromatic nitrogens is 2. The number of nitrogens with one attached hydrogen (secondary N) is 1. The van der Waals surface area contributed by atoms with E-state index in [2.05, 4.69) is 16.0 Å². The quantitative estimate of drug-likeness (QED) is 0.900. The molecule has 0 bridgehead atoms. The van der Waals surface area contributed by atoms with Crippen LogP contribution < -0.4 is 0 Å². The lowest BCUT2D eigenvalue weighted by atomic mass is 10.1. The Morgan fingerprint density at radius 1 is 1.41 bits per heavy atom. The monoisotopic (exact) mass is 245 g/mol. The highest BCUT2D eigenvalue weighted by Crippen LogP contribution is 2.28. The van der Waals surface area contributed by atoms with Gasteiger partial charge in [0.2, 0.25) is 0 Å². The van der Waals surface area contributed by atoms with Crippen LogP contribution in [0.15, 0.2) is 24.3 Å². The molecule has 1 aromatic heterocycles. The van der Waals surface area contributed by atoms with E-state index in [-0.39, 0.29) is 0 Å². The standard InChI is InChI=1S/C13H12ClN3/c1-9-13(10-5-2-3-6-11(10)14)17-12(16-9)7-4-8-15/h2-3,5-6H,4,7H2,1H3,(H,16,17). The molecular weight excluding hydrogens is 234 g/mol. The van der Waals surface area contributed by atoms with Gasteiger partial charge in [0.1, 0.15) is 5.82 Å². The first-order chi connectivity index (χ1) is 8.22. The Balaban J connectivity index is 2.37. The number of hydrogen-bond donors (Lipinski definition) is 1. The molecule has 86 valence electrons. The molecule has 0 saturated carbocycles. The third-order valence-electron chi connectivity index (χ3n) is 2.54. The van der Waals surface area contributed by atoms with E-state index >= 15 is 0 Å². The average Bonchev–Trinajstić information content (AvgIpc) is 2.68. The van der Waals surface area contributed by atoms with E-state index in [1.807, 2.05) is 31.2 Å². The lowest BCUT2D eigenvalue weighted by Crippen LogP contribution is -1.86. The minimum Gasteiger partial charge on any atom is -0.346 e. The largest absolute Gasteiger partial charge is 0.346 e. The van der Waals surface area contributed by atoms with Crippen LogP contribution in [0.1, 0.15) is 17.9 Å². The van der Waals surface area contributed by atoms with Crippen molar-refractivity contribution in [2.45, 2.75) is 19.8 Å². The second-order valence-corrected chi connectivity index (χ2v) is 4.20. The summed E-state index contributed by atoms with van der Waals surface area (Å²) in [6, 6.07) is 9.73. The number of halogens is 1. The Bertz CT molecular complexity index is 566. The zero-order chi connectivity index (χ0) is 12.3. The van der Waals surface area contributed by atoms with Gasteiger partial charge < -0.3 is 4.98 Å².